The minimum atomic E-state index is -0.202. The van der Waals surface area contributed by atoms with Gasteiger partial charge >= 0.3 is 0 Å². The van der Waals surface area contributed by atoms with Crippen molar-refractivity contribution >= 4 is 28.8 Å². The normalized spacial score (nSPS) is 12.4. The van der Waals surface area contributed by atoms with E-state index in [0.717, 1.165) is 17.1 Å². The van der Waals surface area contributed by atoms with Crippen LogP contribution in [0.1, 0.15) is 35.7 Å². The fraction of sp³-hybridized carbons (Fsp3) is 0.227. The summed E-state index contributed by atoms with van der Waals surface area (Å²) in [5.74, 6) is 0.942. The van der Waals surface area contributed by atoms with Crippen molar-refractivity contribution in [1.82, 2.24) is 24.3 Å². The summed E-state index contributed by atoms with van der Waals surface area (Å²) in [7, 11) is 0. The van der Waals surface area contributed by atoms with E-state index >= 15 is 0 Å². The van der Waals surface area contributed by atoms with E-state index in [1.807, 2.05) is 17.7 Å². The number of nitrogens with one attached hydrogen (secondary N) is 1. The zero-order valence-electron chi connectivity index (χ0n) is 16.9. The average Bonchev–Trinajstić information content (AvgIpc) is 3.16. The second-order valence-electron chi connectivity index (χ2n) is 7.21. The number of halogens is 2. The fourth-order valence-electron chi connectivity index (χ4n) is 3.44. The minimum absolute atomic E-state index is 0.0746. The highest BCUT2D eigenvalue weighted by Gasteiger charge is 2.12. The maximum atomic E-state index is 12.6. The monoisotopic (exact) mass is 441 g/mol. The van der Waals surface area contributed by atoms with Crippen LogP contribution in [0.2, 0.25) is 10.0 Å². The fourth-order valence-corrected chi connectivity index (χ4v) is 3.93. The number of hydrogen-bond donors (Lipinski definition) is 1. The van der Waals surface area contributed by atoms with Gasteiger partial charge < -0.3 is 9.88 Å². The Kier molecular flexibility index (Phi) is 5.64. The first-order valence-electron chi connectivity index (χ1n) is 9.56. The highest BCUT2D eigenvalue weighted by molar-refractivity contribution is 6.36. The quantitative estimate of drug-likeness (QED) is 0.489. The van der Waals surface area contributed by atoms with Crippen LogP contribution in [0.5, 0.6) is 0 Å². The van der Waals surface area contributed by atoms with Gasteiger partial charge in [-0.05, 0) is 44.5 Å². The Morgan fingerprint density at radius 2 is 1.83 bits per heavy atom. The molecule has 3 heterocycles. The molecule has 1 atom stereocenters. The van der Waals surface area contributed by atoms with Crippen LogP contribution in [-0.2, 0) is 6.54 Å². The van der Waals surface area contributed by atoms with Crippen molar-refractivity contribution in [3.05, 3.63) is 92.0 Å². The van der Waals surface area contributed by atoms with E-state index in [4.69, 9.17) is 23.2 Å². The van der Waals surface area contributed by atoms with Gasteiger partial charge in [0, 0.05) is 42.4 Å². The zero-order chi connectivity index (χ0) is 21.4. The molecule has 1 aromatic carbocycles. The van der Waals surface area contributed by atoms with E-state index < -0.39 is 0 Å². The largest absolute Gasteiger partial charge is 0.305 e. The van der Waals surface area contributed by atoms with E-state index in [9.17, 15) is 4.79 Å². The van der Waals surface area contributed by atoms with E-state index in [-0.39, 0.29) is 11.6 Å². The van der Waals surface area contributed by atoms with Gasteiger partial charge in [-0.3, -0.25) is 9.20 Å². The molecule has 4 rings (SSSR count). The highest BCUT2D eigenvalue weighted by Crippen LogP contribution is 2.23. The summed E-state index contributed by atoms with van der Waals surface area (Å²) in [6.45, 7) is 6.25. The SMILES string of the molecule is Cc1nccn1-c1ccc(C(C)NCc2cc(=O)n3c(C)c(Cl)cc(Cl)c3n2)cc1. The molecule has 1 N–H and O–H groups in total. The Morgan fingerprint density at radius 3 is 2.50 bits per heavy atom. The molecule has 0 saturated carbocycles. The molecule has 6 nitrogen and oxygen atoms in total. The van der Waals surface area contributed by atoms with Crippen LogP contribution in [0.3, 0.4) is 0 Å². The molecule has 0 radical (unpaired) electrons. The number of aryl methyl sites for hydroxylation is 2. The number of aromatic nitrogens is 4. The van der Waals surface area contributed by atoms with Crippen LogP contribution in [-0.4, -0.2) is 18.9 Å². The smallest absolute Gasteiger partial charge is 0.258 e. The van der Waals surface area contributed by atoms with E-state index in [1.54, 1.807) is 19.2 Å². The Bertz CT molecular complexity index is 1280. The summed E-state index contributed by atoms with van der Waals surface area (Å²) in [6.07, 6.45) is 3.73. The van der Waals surface area contributed by atoms with Crippen molar-refractivity contribution in [2.75, 3.05) is 0 Å². The first kappa shape index (κ1) is 20.6. The van der Waals surface area contributed by atoms with Crippen molar-refractivity contribution in [3.63, 3.8) is 0 Å². The predicted octanol–water partition coefficient (Wildman–Crippen LogP) is 4.65. The first-order chi connectivity index (χ1) is 14.3. The van der Waals surface area contributed by atoms with Crippen LogP contribution >= 0.6 is 23.2 Å². The molecule has 0 aliphatic rings. The molecule has 0 fully saturated rings. The van der Waals surface area contributed by atoms with Crippen molar-refractivity contribution < 1.29 is 0 Å². The third kappa shape index (κ3) is 3.86. The Balaban J connectivity index is 1.52. The van der Waals surface area contributed by atoms with Gasteiger partial charge in [0.05, 0.1) is 15.7 Å². The molecule has 1 unspecified atom stereocenters. The van der Waals surface area contributed by atoms with Crippen LogP contribution in [0, 0.1) is 13.8 Å². The lowest BCUT2D eigenvalue weighted by Crippen LogP contribution is -2.23. The van der Waals surface area contributed by atoms with Crippen molar-refractivity contribution in [1.29, 1.82) is 0 Å². The molecule has 8 heteroatoms. The molecule has 4 aromatic rings. The summed E-state index contributed by atoms with van der Waals surface area (Å²) >= 11 is 12.4. The Morgan fingerprint density at radius 1 is 1.10 bits per heavy atom. The Hall–Kier alpha value is -2.67. The highest BCUT2D eigenvalue weighted by atomic mass is 35.5. The molecule has 0 saturated heterocycles. The predicted molar refractivity (Wildman–Crippen MR) is 120 cm³/mol. The molecule has 30 heavy (non-hydrogen) atoms. The number of hydrogen-bond acceptors (Lipinski definition) is 4. The molecule has 0 aliphatic carbocycles. The maximum Gasteiger partial charge on any atom is 0.258 e. The molecular formula is C22H21Cl2N5O. The van der Waals surface area contributed by atoms with Crippen molar-refractivity contribution in [2.24, 2.45) is 0 Å². The lowest BCUT2D eigenvalue weighted by Gasteiger charge is -2.16. The maximum absolute atomic E-state index is 12.6. The van der Waals surface area contributed by atoms with Gasteiger partial charge in [0.25, 0.3) is 5.56 Å². The average molecular weight is 442 g/mol. The van der Waals surface area contributed by atoms with Gasteiger partial charge in [-0.2, -0.15) is 0 Å². The summed E-state index contributed by atoms with van der Waals surface area (Å²) in [5, 5.41) is 4.20. The summed E-state index contributed by atoms with van der Waals surface area (Å²) in [5.41, 5.74) is 3.65. The lowest BCUT2D eigenvalue weighted by molar-refractivity contribution is 0.567. The molecule has 0 amide bonds. The summed E-state index contributed by atoms with van der Waals surface area (Å²) < 4.78 is 3.47. The number of imidazole rings is 1. The van der Waals surface area contributed by atoms with Crippen LogP contribution in [0.15, 0.2) is 53.6 Å². The number of fused-ring (bicyclic) bond motifs is 1. The molecule has 0 aliphatic heterocycles. The van der Waals surface area contributed by atoms with Crippen LogP contribution in [0.4, 0.5) is 0 Å². The van der Waals surface area contributed by atoms with E-state index in [0.29, 0.717) is 33.6 Å². The van der Waals surface area contributed by atoms with Gasteiger partial charge in [-0.15, -0.1) is 0 Å². The van der Waals surface area contributed by atoms with E-state index in [1.165, 1.54) is 10.5 Å². The van der Waals surface area contributed by atoms with E-state index in [2.05, 4.69) is 46.5 Å². The summed E-state index contributed by atoms with van der Waals surface area (Å²) in [6, 6.07) is 11.5. The number of nitrogens with zero attached hydrogens (tertiary/aromatic N) is 4. The second-order valence-corrected chi connectivity index (χ2v) is 8.02. The molecular weight excluding hydrogens is 421 g/mol. The first-order valence-corrected chi connectivity index (χ1v) is 10.3. The van der Waals surface area contributed by atoms with Gasteiger partial charge in [0.2, 0.25) is 0 Å². The van der Waals surface area contributed by atoms with Crippen molar-refractivity contribution in [2.45, 2.75) is 33.4 Å². The van der Waals surface area contributed by atoms with Gasteiger partial charge in [-0.25, -0.2) is 9.97 Å². The van der Waals surface area contributed by atoms with Crippen LogP contribution in [0.25, 0.3) is 11.3 Å². The second kappa shape index (κ2) is 8.22. The number of benzene rings is 1. The molecule has 3 aromatic heterocycles. The van der Waals surface area contributed by atoms with Gasteiger partial charge in [0.15, 0.2) is 5.65 Å². The molecule has 0 bridgehead atoms. The minimum Gasteiger partial charge on any atom is -0.305 e. The molecule has 154 valence electrons. The van der Waals surface area contributed by atoms with Crippen LogP contribution < -0.4 is 10.9 Å². The zero-order valence-corrected chi connectivity index (χ0v) is 18.4. The molecule has 0 spiro atoms. The number of rotatable bonds is 5. The summed E-state index contributed by atoms with van der Waals surface area (Å²) in [4.78, 5) is 21.4. The topological polar surface area (TPSA) is 64.2 Å². The third-order valence-electron chi connectivity index (χ3n) is 5.21. The number of pyridine rings is 1. The third-order valence-corrected chi connectivity index (χ3v) is 5.87. The van der Waals surface area contributed by atoms with Gasteiger partial charge in [0.1, 0.15) is 5.82 Å². The standard InChI is InChI=1S/C22H21Cl2N5O/c1-13(16-4-6-18(7-5-16)28-9-8-25-15(28)3)26-12-17-10-21(30)29-14(2)19(23)11-20(24)22(29)27-17/h4-11,13,26H,12H2,1-3H3. The van der Waals surface area contributed by atoms with Crippen molar-refractivity contribution in [3.8, 4) is 5.69 Å². The van der Waals surface area contributed by atoms with Gasteiger partial charge in [-0.1, -0.05) is 35.3 Å². The Labute approximate surface area is 184 Å². The lowest BCUT2D eigenvalue weighted by atomic mass is 10.1.